The Labute approximate surface area is 209 Å². The lowest BCUT2D eigenvalue weighted by Gasteiger charge is -2.27. The van der Waals surface area contributed by atoms with E-state index < -0.39 is 0 Å². The van der Waals surface area contributed by atoms with Gasteiger partial charge in [-0.25, -0.2) is 14.5 Å². The zero-order valence-electron chi connectivity index (χ0n) is 20.4. The van der Waals surface area contributed by atoms with Crippen LogP contribution >= 0.6 is 11.8 Å². The lowest BCUT2D eigenvalue weighted by molar-refractivity contribution is -0.113. The number of pyridine rings is 1. The molecule has 0 saturated carbocycles. The van der Waals surface area contributed by atoms with E-state index in [-0.39, 0.29) is 17.2 Å². The monoisotopic (exact) mass is 487 g/mol. The van der Waals surface area contributed by atoms with E-state index in [1.807, 2.05) is 49.4 Å². The highest BCUT2D eigenvalue weighted by Crippen LogP contribution is 2.23. The number of nitrogens with one attached hydrogen (secondary N) is 1. The number of carbonyl (C=O) groups excluding carboxylic acids is 1. The molecule has 1 N–H and O–H groups in total. The number of amides is 1. The minimum atomic E-state index is -0.212. The SMILES string of the molecule is CCN(c1ccc(NC(=O)CSc2nc3ccccc3c(=O)n2-c2ccc(C)cn2)cc1)C(C)C. The molecule has 0 aliphatic rings. The Bertz CT molecular complexity index is 1380. The Morgan fingerprint density at radius 1 is 1.09 bits per heavy atom. The van der Waals surface area contributed by atoms with Crippen LogP contribution < -0.4 is 15.8 Å². The lowest BCUT2D eigenvalue weighted by Crippen LogP contribution is -2.30. The molecule has 2 aromatic heterocycles. The second kappa shape index (κ2) is 10.7. The summed E-state index contributed by atoms with van der Waals surface area (Å²) in [7, 11) is 0. The topological polar surface area (TPSA) is 80.1 Å². The van der Waals surface area contributed by atoms with Crippen molar-refractivity contribution in [3.8, 4) is 5.82 Å². The van der Waals surface area contributed by atoms with E-state index >= 15 is 0 Å². The molecule has 8 heteroatoms. The molecule has 4 rings (SSSR count). The zero-order valence-corrected chi connectivity index (χ0v) is 21.2. The minimum absolute atomic E-state index is 0.103. The van der Waals surface area contributed by atoms with Crippen LogP contribution in [0.5, 0.6) is 0 Å². The molecular weight excluding hydrogens is 458 g/mol. The number of rotatable bonds is 8. The quantitative estimate of drug-likeness (QED) is 0.277. The van der Waals surface area contributed by atoms with Gasteiger partial charge in [0.15, 0.2) is 5.16 Å². The molecular formula is C27H29N5O2S. The molecule has 0 radical (unpaired) electrons. The molecule has 1 amide bonds. The van der Waals surface area contributed by atoms with E-state index in [1.54, 1.807) is 24.4 Å². The maximum Gasteiger partial charge on any atom is 0.267 e. The van der Waals surface area contributed by atoms with E-state index in [0.29, 0.717) is 27.9 Å². The van der Waals surface area contributed by atoms with Gasteiger partial charge >= 0.3 is 0 Å². The van der Waals surface area contributed by atoms with Crippen molar-refractivity contribution < 1.29 is 4.79 Å². The number of thioether (sulfide) groups is 1. The third kappa shape index (κ3) is 5.54. The van der Waals surface area contributed by atoms with Crippen molar-refractivity contribution in [3.63, 3.8) is 0 Å². The Hall–Kier alpha value is -3.65. The van der Waals surface area contributed by atoms with Crippen molar-refractivity contribution in [3.05, 3.63) is 82.8 Å². The zero-order chi connectivity index (χ0) is 24.9. The number of fused-ring (bicyclic) bond motifs is 1. The minimum Gasteiger partial charge on any atom is -0.369 e. The number of para-hydroxylation sites is 1. The van der Waals surface area contributed by atoms with Crippen LogP contribution in [-0.4, -0.2) is 38.8 Å². The van der Waals surface area contributed by atoms with Crippen LogP contribution in [-0.2, 0) is 4.79 Å². The largest absolute Gasteiger partial charge is 0.369 e. The third-order valence-corrected chi connectivity index (χ3v) is 6.59. The van der Waals surface area contributed by atoms with Gasteiger partial charge in [0.2, 0.25) is 5.91 Å². The molecule has 4 aromatic rings. The number of aryl methyl sites for hydroxylation is 1. The molecule has 0 unspecified atom stereocenters. The van der Waals surface area contributed by atoms with Crippen molar-refractivity contribution in [1.29, 1.82) is 0 Å². The van der Waals surface area contributed by atoms with Crippen LogP contribution in [0.2, 0.25) is 0 Å². The number of hydrogen-bond acceptors (Lipinski definition) is 6. The van der Waals surface area contributed by atoms with Crippen LogP contribution in [0.4, 0.5) is 11.4 Å². The normalized spacial score (nSPS) is 11.1. The van der Waals surface area contributed by atoms with E-state index in [2.05, 4.69) is 41.0 Å². The molecule has 0 aliphatic heterocycles. The second-order valence-corrected chi connectivity index (χ2v) is 9.45. The Kier molecular flexibility index (Phi) is 7.51. The predicted molar refractivity (Wildman–Crippen MR) is 144 cm³/mol. The number of aromatic nitrogens is 3. The average molecular weight is 488 g/mol. The van der Waals surface area contributed by atoms with Gasteiger partial charge in [-0.2, -0.15) is 0 Å². The summed E-state index contributed by atoms with van der Waals surface area (Å²) < 4.78 is 1.47. The molecule has 0 bridgehead atoms. The fourth-order valence-corrected chi connectivity index (χ4v) is 4.71. The molecule has 7 nitrogen and oxygen atoms in total. The van der Waals surface area contributed by atoms with Gasteiger partial charge in [-0.3, -0.25) is 9.59 Å². The molecule has 0 atom stereocenters. The van der Waals surface area contributed by atoms with Crippen LogP contribution in [0, 0.1) is 6.92 Å². The van der Waals surface area contributed by atoms with Gasteiger partial charge in [0, 0.05) is 30.2 Å². The van der Waals surface area contributed by atoms with E-state index in [1.165, 1.54) is 16.3 Å². The second-order valence-electron chi connectivity index (χ2n) is 8.51. The predicted octanol–water partition coefficient (Wildman–Crippen LogP) is 5.05. The highest BCUT2D eigenvalue weighted by molar-refractivity contribution is 7.99. The first-order valence-corrected chi connectivity index (χ1v) is 12.6. The van der Waals surface area contributed by atoms with Gasteiger partial charge in [0.1, 0.15) is 5.82 Å². The maximum absolute atomic E-state index is 13.3. The maximum atomic E-state index is 13.3. The summed E-state index contributed by atoms with van der Waals surface area (Å²) in [6.45, 7) is 9.29. The van der Waals surface area contributed by atoms with Crippen molar-refractivity contribution in [1.82, 2.24) is 14.5 Å². The van der Waals surface area contributed by atoms with Gasteiger partial charge in [-0.05, 0) is 75.7 Å². The lowest BCUT2D eigenvalue weighted by atomic mass is 10.2. The number of carbonyl (C=O) groups is 1. The number of nitrogens with zero attached hydrogens (tertiary/aromatic N) is 4. The fraction of sp³-hybridized carbons (Fsp3) is 0.259. The first-order chi connectivity index (χ1) is 16.9. The van der Waals surface area contributed by atoms with Gasteiger partial charge in [-0.15, -0.1) is 0 Å². The van der Waals surface area contributed by atoms with Crippen LogP contribution in [0.25, 0.3) is 16.7 Å². The summed E-state index contributed by atoms with van der Waals surface area (Å²) in [4.78, 5) is 37.4. The molecule has 180 valence electrons. The Balaban J connectivity index is 1.55. The first kappa shape index (κ1) is 24.5. The van der Waals surface area contributed by atoms with Crippen molar-refractivity contribution in [2.75, 3.05) is 22.5 Å². The number of anilines is 2. The summed E-state index contributed by atoms with van der Waals surface area (Å²) in [5.41, 5.74) is 3.21. The van der Waals surface area contributed by atoms with Gasteiger partial charge < -0.3 is 10.2 Å². The highest BCUT2D eigenvalue weighted by Gasteiger charge is 2.16. The summed E-state index contributed by atoms with van der Waals surface area (Å²) in [6, 6.07) is 19.1. The third-order valence-electron chi connectivity index (χ3n) is 5.65. The average Bonchev–Trinajstić information content (AvgIpc) is 2.85. The number of hydrogen-bond donors (Lipinski definition) is 1. The first-order valence-electron chi connectivity index (χ1n) is 11.6. The van der Waals surface area contributed by atoms with Crippen molar-refractivity contribution >= 4 is 39.9 Å². The van der Waals surface area contributed by atoms with Crippen molar-refractivity contribution in [2.24, 2.45) is 0 Å². The number of benzene rings is 2. The smallest absolute Gasteiger partial charge is 0.267 e. The Morgan fingerprint density at radius 3 is 2.49 bits per heavy atom. The molecule has 35 heavy (non-hydrogen) atoms. The summed E-state index contributed by atoms with van der Waals surface area (Å²) in [5.74, 6) is 0.402. The fourth-order valence-electron chi connectivity index (χ4n) is 3.91. The molecule has 2 heterocycles. The highest BCUT2D eigenvalue weighted by atomic mass is 32.2. The summed E-state index contributed by atoms with van der Waals surface area (Å²) in [6.07, 6.45) is 1.71. The van der Waals surface area contributed by atoms with Gasteiger partial charge in [0.25, 0.3) is 5.56 Å². The van der Waals surface area contributed by atoms with E-state index in [0.717, 1.165) is 23.5 Å². The molecule has 2 aromatic carbocycles. The van der Waals surface area contributed by atoms with Crippen molar-refractivity contribution in [2.45, 2.75) is 38.9 Å². The molecule has 0 aliphatic carbocycles. The van der Waals surface area contributed by atoms with Crippen LogP contribution in [0.15, 0.2) is 76.8 Å². The molecule has 0 spiro atoms. The van der Waals surface area contributed by atoms with Crippen LogP contribution in [0.3, 0.4) is 0 Å². The summed E-state index contributed by atoms with van der Waals surface area (Å²) in [5, 5.41) is 3.86. The molecule has 0 fully saturated rings. The Morgan fingerprint density at radius 2 is 1.83 bits per heavy atom. The van der Waals surface area contributed by atoms with Gasteiger partial charge in [0.05, 0.1) is 16.7 Å². The van der Waals surface area contributed by atoms with E-state index in [4.69, 9.17) is 0 Å². The van der Waals surface area contributed by atoms with E-state index in [9.17, 15) is 9.59 Å². The summed E-state index contributed by atoms with van der Waals surface area (Å²) >= 11 is 1.21. The van der Waals surface area contributed by atoms with Crippen LogP contribution in [0.1, 0.15) is 26.3 Å². The van der Waals surface area contributed by atoms with Gasteiger partial charge in [-0.1, -0.05) is 30.0 Å². The molecule has 0 saturated heterocycles. The standard InChI is InChI=1S/C27H29N5O2S/c1-5-31(18(2)3)21-13-11-20(12-14-21)29-25(33)17-35-27-30-23-9-7-6-8-22(23)26(34)32(27)24-15-10-19(4)16-28-24/h6-16,18H,5,17H2,1-4H3,(H,29,33).